The molecule has 0 spiro atoms. The van der Waals surface area contributed by atoms with Crippen LogP contribution in [0.5, 0.6) is 0 Å². The fraction of sp³-hybridized carbons (Fsp3) is 0.323. The predicted octanol–water partition coefficient (Wildman–Crippen LogP) is 7.21. The van der Waals surface area contributed by atoms with E-state index in [0.29, 0.717) is 10.7 Å². The molecule has 0 atom stereocenters. The molecule has 0 unspecified atom stereocenters. The van der Waals surface area contributed by atoms with Gasteiger partial charge in [0.05, 0.1) is 15.6 Å². The average Bonchev–Trinajstić information content (AvgIpc) is 3.63. The predicted molar refractivity (Wildman–Crippen MR) is 153 cm³/mol. The summed E-state index contributed by atoms with van der Waals surface area (Å²) in [7, 11) is 0. The van der Waals surface area contributed by atoms with Crippen molar-refractivity contribution in [1.82, 2.24) is 4.98 Å². The highest BCUT2D eigenvalue weighted by atomic mass is 32.1. The number of nitrogens with zero attached hydrogens (tertiary/aromatic N) is 1. The van der Waals surface area contributed by atoms with Crippen LogP contribution in [-0.4, -0.2) is 16.8 Å². The second-order valence-electron chi connectivity index (χ2n) is 9.91. The zero-order valence-corrected chi connectivity index (χ0v) is 22.7. The van der Waals surface area contributed by atoms with Crippen molar-refractivity contribution in [3.05, 3.63) is 88.0 Å². The molecule has 5 rings (SSSR count). The Kier molecular flexibility index (Phi) is 6.86. The number of thiazole rings is 1. The topological polar surface area (TPSA) is 71.1 Å². The fourth-order valence-corrected chi connectivity index (χ4v) is 5.83. The molecule has 3 aromatic carbocycles. The van der Waals surface area contributed by atoms with Crippen LogP contribution in [0.2, 0.25) is 0 Å². The Morgan fingerprint density at radius 2 is 1.57 bits per heavy atom. The lowest BCUT2D eigenvalue weighted by molar-refractivity contribution is -0.118. The average molecular weight is 512 g/mol. The van der Waals surface area contributed by atoms with Gasteiger partial charge in [0.2, 0.25) is 5.91 Å². The largest absolute Gasteiger partial charge is 0.321 e. The molecule has 1 aromatic heterocycles. The summed E-state index contributed by atoms with van der Waals surface area (Å²) in [4.78, 5) is 31.1. The molecule has 6 heteroatoms. The van der Waals surface area contributed by atoms with Gasteiger partial charge in [0.1, 0.15) is 0 Å². The van der Waals surface area contributed by atoms with Gasteiger partial charge in [-0.15, -0.1) is 0 Å². The lowest BCUT2D eigenvalue weighted by Crippen LogP contribution is -2.27. The van der Waals surface area contributed by atoms with Gasteiger partial charge in [-0.1, -0.05) is 74.1 Å². The number of carbonyl (C=O) groups excluding carboxylic acids is 2. The summed E-state index contributed by atoms with van der Waals surface area (Å²) in [6.45, 7) is 8.44. The van der Waals surface area contributed by atoms with E-state index in [4.69, 9.17) is 0 Å². The molecule has 1 aliphatic carbocycles. The van der Waals surface area contributed by atoms with Crippen molar-refractivity contribution in [2.24, 2.45) is 0 Å². The molecule has 0 bridgehead atoms. The number of hydrogen-bond donors (Lipinski definition) is 2. The van der Waals surface area contributed by atoms with E-state index < -0.39 is 5.41 Å². The zero-order chi connectivity index (χ0) is 26.2. The first-order chi connectivity index (χ1) is 17.9. The van der Waals surface area contributed by atoms with E-state index in [1.807, 2.05) is 19.1 Å². The van der Waals surface area contributed by atoms with E-state index in [1.165, 1.54) is 22.5 Å². The minimum atomic E-state index is -0.460. The molecule has 190 valence electrons. The molecule has 0 radical (unpaired) electrons. The molecule has 0 aliphatic heterocycles. The summed E-state index contributed by atoms with van der Waals surface area (Å²) in [6.07, 6.45) is 4.38. The van der Waals surface area contributed by atoms with E-state index in [-0.39, 0.29) is 11.8 Å². The van der Waals surface area contributed by atoms with Crippen molar-refractivity contribution >= 4 is 44.2 Å². The number of aromatic nitrogens is 1. The van der Waals surface area contributed by atoms with Crippen molar-refractivity contribution in [2.45, 2.75) is 65.2 Å². The van der Waals surface area contributed by atoms with E-state index >= 15 is 0 Å². The molecular weight excluding hydrogens is 478 g/mol. The Balaban J connectivity index is 1.35. The van der Waals surface area contributed by atoms with Crippen molar-refractivity contribution in [3.8, 4) is 0 Å². The minimum absolute atomic E-state index is 0.0110. The third-order valence-corrected chi connectivity index (χ3v) is 8.36. The van der Waals surface area contributed by atoms with Crippen LogP contribution in [0, 0.1) is 6.92 Å². The van der Waals surface area contributed by atoms with Gasteiger partial charge in [-0.05, 0) is 79.5 Å². The molecule has 2 amide bonds. The van der Waals surface area contributed by atoms with Crippen LogP contribution in [0.4, 0.5) is 10.8 Å². The van der Waals surface area contributed by atoms with Crippen molar-refractivity contribution in [1.29, 1.82) is 0 Å². The lowest BCUT2D eigenvalue weighted by atomic mass is 9.94. The molecular formula is C31H33N3O2S. The number of amides is 2. The van der Waals surface area contributed by atoms with Gasteiger partial charge in [-0.2, -0.15) is 0 Å². The maximum atomic E-state index is 13.3. The van der Waals surface area contributed by atoms with E-state index in [2.05, 4.69) is 72.8 Å². The standard InChI is InChI=1S/C31H33N3O2S/c1-5-20-16-21(6-2)27(22(7-3)17-20)33-28(35)23-10-13-25-26(18-23)37-30(32-25)34-29(36)31(14-15-31)24-11-8-19(4)9-12-24/h8-13,16-18H,5-7,14-15H2,1-4H3,(H,33,35)(H,32,34,36). The summed E-state index contributed by atoms with van der Waals surface area (Å²) >= 11 is 1.40. The molecule has 37 heavy (non-hydrogen) atoms. The molecule has 1 aliphatic rings. The highest BCUT2D eigenvalue weighted by Crippen LogP contribution is 2.49. The molecule has 1 heterocycles. The lowest BCUT2D eigenvalue weighted by Gasteiger charge is -2.16. The summed E-state index contributed by atoms with van der Waals surface area (Å²) in [5.74, 6) is -0.145. The van der Waals surface area contributed by atoms with Crippen molar-refractivity contribution in [3.63, 3.8) is 0 Å². The van der Waals surface area contributed by atoms with Crippen LogP contribution in [0.3, 0.4) is 0 Å². The Labute approximate surface area is 222 Å². The van der Waals surface area contributed by atoms with Crippen LogP contribution in [0.25, 0.3) is 10.2 Å². The monoisotopic (exact) mass is 511 g/mol. The van der Waals surface area contributed by atoms with Gasteiger partial charge in [0, 0.05) is 11.3 Å². The SMILES string of the molecule is CCc1cc(CC)c(NC(=O)c2ccc3nc(NC(=O)C4(c5ccc(C)cc5)CC4)sc3c2)c(CC)c1. The first kappa shape index (κ1) is 25.2. The van der Waals surface area contributed by atoms with E-state index in [1.54, 1.807) is 6.07 Å². The summed E-state index contributed by atoms with van der Waals surface area (Å²) in [6, 6.07) is 18.1. The number of rotatable bonds is 8. The zero-order valence-electron chi connectivity index (χ0n) is 21.9. The Morgan fingerprint density at radius 3 is 2.16 bits per heavy atom. The number of anilines is 2. The van der Waals surface area contributed by atoms with Crippen LogP contribution in [0.15, 0.2) is 54.6 Å². The minimum Gasteiger partial charge on any atom is -0.321 e. The highest BCUT2D eigenvalue weighted by molar-refractivity contribution is 7.22. The maximum absolute atomic E-state index is 13.3. The molecule has 1 fully saturated rings. The van der Waals surface area contributed by atoms with Crippen molar-refractivity contribution < 1.29 is 9.59 Å². The highest BCUT2D eigenvalue weighted by Gasteiger charge is 2.51. The van der Waals surface area contributed by atoms with Gasteiger partial charge >= 0.3 is 0 Å². The maximum Gasteiger partial charge on any atom is 0.255 e. The Hall–Kier alpha value is -3.51. The second-order valence-corrected chi connectivity index (χ2v) is 10.9. The van der Waals surface area contributed by atoms with Crippen molar-refractivity contribution in [2.75, 3.05) is 10.6 Å². The smallest absolute Gasteiger partial charge is 0.255 e. The molecule has 1 saturated carbocycles. The normalized spacial score (nSPS) is 13.9. The summed E-state index contributed by atoms with van der Waals surface area (Å²) in [5, 5.41) is 6.79. The van der Waals surface area contributed by atoms with Gasteiger partial charge in [0.25, 0.3) is 5.91 Å². The number of nitrogens with one attached hydrogen (secondary N) is 2. The number of aryl methyl sites for hydroxylation is 4. The third kappa shape index (κ3) is 4.90. The first-order valence-electron chi connectivity index (χ1n) is 13.1. The summed E-state index contributed by atoms with van der Waals surface area (Å²) in [5.41, 5.74) is 7.67. The third-order valence-electron chi connectivity index (χ3n) is 7.43. The second kappa shape index (κ2) is 10.1. The molecule has 4 aromatic rings. The van der Waals surface area contributed by atoms with Gasteiger partial charge in [-0.3, -0.25) is 9.59 Å². The van der Waals surface area contributed by atoms with Gasteiger partial charge < -0.3 is 10.6 Å². The Bertz CT molecular complexity index is 1460. The molecule has 5 nitrogen and oxygen atoms in total. The Morgan fingerprint density at radius 1 is 0.892 bits per heavy atom. The quantitative estimate of drug-likeness (QED) is 0.262. The van der Waals surface area contributed by atoms with Crippen LogP contribution < -0.4 is 10.6 Å². The van der Waals surface area contributed by atoms with Gasteiger partial charge in [-0.25, -0.2) is 4.98 Å². The number of carbonyl (C=O) groups is 2. The van der Waals surface area contributed by atoms with E-state index in [0.717, 1.165) is 64.7 Å². The number of benzene rings is 3. The van der Waals surface area contributed by atoms with Gasteiger partial charge in [0.15, 0.2) is 5.13 Å². The van der Waals surface area contributed by atoms with Crippen LogP contribution in [-0.2, 0) is 29.5 Å². The molecule has 0 saturated heterocycles. The number of fused-ring (bicyclic) bond motifs is 1. The number of hydrogen-bond acceptors (Lipinski definition) is 4. The fourth-order valence-electron chi connectivity index (χ4n) is 4.93. The van der Waals surface area contributed by atoms with E-state index in [9.17, 15) is 9.59 Å². The van der Waals surface area contributed by atoms with Crippen LogP contribution in [0.1, 0.15) is 71.8 Å². The van der Waals surface area contributed by atoms with Crippen LogP contribution >= 0.6 is 11.3 Å². The summed E-state index contributed by atoms with van der Waals surface area (Å²) < 4.78 is 0.871. The molecule has 2 N–H and O–H groups in total. The first-order valence-corrected chi connectivity index (χ1v) is 13.9.